The molecular weight excluding hydrogens is 2400 g/mol. The summed E-state index contributed by atoms with van der Waals surface area (Å²) in [7, 11) is -2.64. The van der Waals surface area contributed by atoms with Crippen molar-refractivity contribution in [3.63, 3.8) is 0 Å². The van der Waals surface area contributed by atoms with E-state index >= 15 is 0 Å². The summed E-state index contributed by atoms with van der Waals surface area (Å²) in [4.78, 5) is 77.0. The van der Waals surface area contributed by atoms with Gasteiger partial charge in [0.25, 0.3) is 17.8 Å². The minimum absolute atomic E-state index is 0. The zero-order chi connectivity index (χ0) is 106. The van der Waals surface area contributed by atoms with Crippen LogP contribution in [0.4, 0.5) is 66.4 Å². The van der Waals surface area contributed by atoms with Gasteiger partial charge in [-0.1, -0.05) is 146 Å². The van der Waals surface area contributed by atoms with Crippen molar-refractivity contribution >= 4 is 235 Å². The van der Waals surface area contributed by atoms with Gasteiger partial charge < -0.3 is 70.9 Å². The van der Waals surface area contributed by atoms with Gasteiger partial charge in [-0.2, -0.15) is 0 Å². The molecule has 5 heterocycles. The number of nitrogen functional groups attached to an aromatic ring is 1. The fraction of sp³-hybridized carbons (Fsp3) is 0.0594. The Hall–Kier alpha value is -11.1. The first-order valence-electron chi connectivity index (χ1n) is 42.2. The Labute approximate surface area is 995 Å². The molecular formula is C101H77BBrCl6F6I2K2N11O18. The smallest absolute Gasteiger partial charge is 1.00 e. The van der Waals surface area contributed by atoms with Crippen LogP contribution in [0.2, 0.25) is 30.3 Å². The van der Waals surface area contributed by atoms with Crippen LogP contribution in [0.5, 0.6) is 28.7 Å². The van der Waals surface area contributed by atoms with E-state index in [2.05, 4.69) is 111 Å². The number of phenols is 1. The number of carbonyl (C=O) groups excluding carboxylic acids is 3. The first-order valence-corrected chi connectivity index (χ1v) is 47.0. The van der Waals surface area contributed by atoms with Crippen LogP contribution < -0.4 is 149 Å². The van der Waals surface area contributed by atoms with Gasteiger partial charge in [0.05, 0.1) is 60.0 Å². The molecule has 5 aromatic heterocycles. The molecule has 0 unspecified atom stereocenters. The van der Waals surface area contributed by atoms with Crippen molar-refractivity contribution in [1.82, 2.24) is 29.9 Å². The van der Waals surface area contributed by atoms with Gasteiger partial charge in [-0.15, -0.1) is 0 Å². The number of furan rings is 2. The summed E-state index contributed by atoms with van der Waals surface area (Å²) < 4.78 is 115. The number of alkyl halides is 2. The molecule has 0 spiro atoms. The largest absolute Gasteiger partial charge is 1.00 e. The molecule has 18 rings (SSSR count). The zero-order valence-electron chi connectivity index (χ0n) is 78.8. The number of halogens is 15. The number of aldehydes is 2. The number of aromatic hydroxyl groups is 1. The number of anilines is 5. The van der Waals surface area contributed by atoms with E-state index in [-0.39, 0.29) is 212 Å². The number of nitro groups is 2. The maximum absolute atomic E-state index is 13.4. The molecule has 754 valence electrons. The van der Waals surface area contributed by atoms with Crippen molar-refractivity contribution in [1.29, 1.82) is 0 Å². The third kappa shape index (κ3) is 41.3. The van der Waals surface area contributed by atoms with Crippen LogP contribution in [-0.2, 0) is 41.4 Å². The summed E-state index contributed by atoms with van der Waals surface area (Å²) in [5.41, 5.74) is 14.4. The average molecular weight is 2480 g/mol. The standard InChI is InChI=1S/C26H17ClFN3O3.C21H14ClFIN3O.C13H9ClFNO3.C13H11ClFNO.C8H4ClIN2.C7H6BrF.C6H4ClNO3.C5H5BO4.CH3F.CH2O3.2K.H2.H/c27-22-12-19(5-8-25(22)33-14-16-2-1-3-18(28)10-16)31-26-21-11-17(4-7-23(21)29-15-30-26)24-9-6-20(13-32)34-24;22-18-10-16(5-7-20(18)28-11-13-2-1-3-14(23)8-13)27-21-17-9-15(24)4-6-19(17)25-12-26-21;14-12-7-11(16(17)18)4-5-13(12)19-8-9-2-1-3-10(15)6-9;14-12-7-11(16)4-5-13(12)17-8-9-2-1-3-10(15)6-9;9-8-6-3-5(10)1-2-7(6)11-4-12-8;8-5-6-2-1-3-7(9)4-6;7-5-3-4(8(10)11)1-2-6(5)9;7-3-4-1-2-5(10-4)6(8)9;1-2;2-1-4-3;;;;/h1-13,15H,14H2,(H,29,30,31);1-10,12H,11H2,(H,25,26,27);1-7H,8H2;1-7H,8,16H2;1-4H;1-4H,5H2;1-3,9H;1-3,8-9H;1H3;1,3H;;;1H;/q;;;;;;;;;;2*+1;;-1/p-1/i;;;;;;;;1D;;;;;. The van der Waals surface area contributed by atoms with Crippen LogP contribution in [0.15, 0.2) is 319 Å². The van der Waals surface area contributed by atoms with E-state index in [4.69, 9.17) is 125 Å². The second kappa shape index (κ2) is 65.1. The monoisotopic (exact) mass is 2480 g/mol. The van der Waals surface area contributed by atoms with Gasteiger partial charge in [-0.3, -0.25) is 39.0 Å². The first-order chi connectivity index (χ1) is 70.6. The molecule has 0 amide bonds. The molecule has 0 aliphatic rings. The molecule has 18 aromatic rings. The van der Waals surface area contributed by atoms with E-state index in [1.54, 1.807) is 109 Å². The van der Waals surface area contributed by atoms with Gasteiger partial charge in [0.1, 0.15) is 131 Å². The molecule has 29 nitrogen and oxygen atoms in total. The number of fused-ring (bicyclic) bond motifs is 3. The molecule has 0 bridgehead atoms. The number of phenolic OH excluding ortho intramolecular Hbond substituents is 1. The van der Waals surface area contributed by atoms with Gasteiger partial charge in [0.15, 0.2) is 24.1 Å². The quantitative estimate of drug-likeness (QED) is 0.00313. The van der Waals surface area contributed by atoms with E-state index in [0.717, 1.165) is 73.9 Å². The van der Waals surface area contributed by atoms with Crippen molar-refractivity contribution in [2.45, 2.75) is 31.8 Å². The van der Waals surface area contributed by atoms with Gasteiger partial charge in [0, 0.05) is 76.9 Å². The van der Waals surface area contributed by atoms with Gasteiger partial charge in [-0.05, 0) is 279 Å². The summed E-state index contributed by atoms with van der Waals surface area (Å²) >= 11 is 43.6. The van der Waals surface area contributed by atoms with Crippen LogP contribution in [0, 0.1) is 56.5 Å². The number of nitrogens with two attached hydrogens (primary N) is 1. The first kappa shape index (κ1) is 122. The molecule has 0 saturated heterocycles. The maximum atomic E-state index is 13.4. The molecule has 47 heteroatoms. The number of nitrogens with zero attached hydrogens (tertiary/aromatic N) is 8. The molecule has 0 fully saturated rings. The number of nitro benzene ring substituents is 2. The number of benzene rings is 13. The Kier molecular flexibility index (Phi) is 53.7. The fourth-order valence-electron chi connectivity index (χ4n) is 12.0. The minimum atomic E-state index is -1.64. The Bertz CT molecular complexity index is 7530. The van der Waals surface area contributed by atoms with Crippen LogP contribution >= 0.6 is 131 Å². The number of ether oxygens (including phenoxy) is 4. The van der Waals surface area contributed by atoms with Crippen LogP contribution in [0.1, 0.15) is 53.2 Å². The second-order valence-corrected chi connectivity index (χ2v) is 34.3. The van der Waals surface area contributed by atoms with Gasteiger partial charge >= 0.3 is 110 Å². The molecule has 13 aromatic carbocycles. The third-order valence-electron chi connectivity index (χ3n) is 18.7. The van der Waals surface area contributed by atoms with Crippen molar-refractivity contribution < 1.29 is 211 Å². The summed E-state index contributed by atoms with van der Waals surface area (Å²) in [6.45, 7) is 0.651. The predicted octanol–water partition coefficient (Wildman–Crippen LogP) is 20.5. The number of aromatic nitrogens is 6. The number of nitrogens with one attached hydrogen (secondary N) is 2. The molecule has 148 heavy (non-hydrogen) atoms. The SMILES string of the molecule is Clc1ncnc2ccc(I)cc12.Fc1cccc(CBr)c1.Fc1cccc(COc2ccc(Nc3ncnc4ccc(I)cc34)cc2Cl)c1.Nc1ccc(OCc2cccc(F)c2)c(Cl)c1.O=CO[O-].O=Cc1ccc(-c2ccc3ncnc(Nc4ccc(OCc5cccc(F)c5)c(Cl)c4)c3c2)o1.O=Cc1ccc(B(O)O)o1.O=[N+]([O-])c1ccc(O)c(Cl)c1.O=[N+]([O-])c1ccc(OCc2cccc(F)c2)c(Cl)c1.[2H]CF.[H-].[HH].[K+].[K+]. The fourth-order valence-corrected chi connectivity index (χ4v) is 14.6. The van der Waals surface area contributed by atoms with Crippen molar-refractivity contribution in [2.24, 2.45) is 0 Å². The number of hydrogen-bond acceptors (Lipinski definition) is 27. The van der Waals surface area contributed by atoms with E-state index in [0.29, 0.717) is 101 Å². The van der Waals surface area contributed by atoms with E-state index < -0.39 is 24.1 Å². The predicted molar refractivity (Wildman–Crippen MR) is 569 cm³/mol. The van der Waals surface area contributed by atoms with Crippen molar-refractivity contribution in [3.8, 4) is 40.1 Å². The molecule has 0 radical (unpaired) electrons. The summed E-state index contributed by atoms with van der Waals surface area (Å²) in [6, 6.07) is 77.8. The number of hydrogen-bond donors (Lipinski definition) is 6. The van der Waals surface area contributed by atoms with Gasteiger partial charge in [0.2, 0.25) is 0 Å². The Balaban J connectivity index is 0.000000311. The van der Waals surface area contributed by atoms with E-state index in [1.807, 2.05) is 72.8 Å². The number of carbonyl (C=O) groups is 3. The van der Waals surface area contributed by atoms with Crippen LogP contribution in [0.25, 0.3) is 44.0 Å². The Morgan fingerprint density at radius 2 is 0.831 bits per heavy atom. The third-order valence-corrected chi connectivity index (χ3v) is 22.4. The minimum Gasteiger partial charge on any atom is -1.00 e. The summed E-state index contributed by atoms with van der Waals surface area (Å²) in [5, 5.41) is 66.7. The Morgan fingerprint density at radius 1 is 0.466 bits per heavy atom. The van der Waals surface area contributed by atoms with Crippen molar-refractivity contribution in [2.75, 3.05) is 23.5 Å². The second-order valence-electron chi connectivity index (χ2n) is 28.8. The molecule has 7 N–H and O–H groups in total. The topological polar surface area (TPSA) is 421 Å². The molecule has 0 aliphatic heterocycles. The number of rotatable bonds is 24. The molecule has 0 aliphatic carbocycles. The molecule has 0 saturated carbocycles. The zero-order valence-corrected chi connectivity index (χ0v) is 93.5. The summed E-state index contributed by atoms with van der Waals surface area (Å²) in [5.74, 6) is 2.48. The maximum Gasteiger partial charge on any atom is 1.00 e. The van der Waals surface area contributed by atoms with Crippen molar-refractivity contribution in [3.05, 3.63) is 436 Å². The molecule has 0 atom stereocenters. The van der Waals surface area contributed by atoms with E-state index in [1.165, 1.54) is 122 Å². The Morgan fingerprint density at radius 3 is 1.20 bits per heavy atom. The van der Waals surface area contributed by atoms with Gasteiger partial charge in [-0.25, -0.2) is 51.9 Å². The average Bonchev–Trinajstić information content (AvgIpc) is 1.74. The number of non-ortho nitro benzene ring substituents is 2. The normalized spacial score (nSPS) is 10.1. The summed E-state index contributed by atoms with van der Waals surface area (Å²) in [6.07, 6.45) is 5.62. The van der Waals surface area contributed by atoms with Crippen LogP contribution in [0.3, 0.4) is 0 Å². The van der Waals surface area contributed by atoms with E-state index in [9.17, 15) is 56.2 Å². The van der Waals surface area contributed by atoms with Crippen LogP contribution in [-0.4, -0.2) is 88.2 Å².